The molecule has 0 aliphatic carbocycles. The van der Waals surface area contributed by atoms with Crippen LogP contribution in [0.4, 0.5) is 0 Å². The van der Waals surface area contributed by atoms with E-state index < -0.39 is 9.84 Å². The molecular formula is C17H22N2O5S2. The van der Waals surface area contributed by atoms with E-state index in [4.69, 9.17) is 9.47 Å². The second kappa shape index (κ2) is 7.98. The molecule has 0 saturated carbocycles. The highest BCUT2D eigenvalue weighted by molar-refractivity contribution is 8.15. The van der Waals surface area contributed by atoms with Crippen LogP contribution >= 0.6 is 11.8 Å². The number of benzene rings is 1. The molecule has 1 amide bonds. The minimum Gasteiger partial charge on any atom is -0.497 e. The predicted octanol–water partition coefficient (Wildman–Crippen LogP) is 0.981. The molecule has 26 heavy (non-hydrogen) atoms. The summed E-state index contributed by atoms with van der Waals surface area (Å²) in [5, 5.41) is 0.537. The van der Waals surface area contributed by atoms with E-state index in [-0.39, 0.29) is 35.3 Å². The number of fused-ring (bicyclic) bond motifs is 1. The van der Waals surface area contributed by atoms with Gasteiger partial charge in [0.25, 0.3) is 5.91 Å². The van der Waals surface area contributed by atoms with E-state index >= 15 is 0 Å². The molecule has 0 N–H and O–H groups in total. The van der Waals surface area contributed by atoms with E-state index in [9.17, 15) is 13.2 Å². The van der Waals surface area contributed by atoms with E-state index in [1.54, 1.807) is 7.11 Å². The fourth-order valence-corrected chi connectivity index (χ4v) is 7.20. The van der Waals surface area contributed by atoms with Crippen molar-refractivity contribution < 1.29 is 22.7 Å². The summed E-state index contributed by atoms with van der Waals surface area (Å²) in [7, 11) is 0.0328. The second-order valence-corrected chi connectivity index (χ2v) is 9.67. The first-order chi connectivity index (χ1) is 12.4. The number of hydrogen-bond donors (Lipinski definition) is 0. The Bertz CT molecular complexity index is 792. The summed E-state index contributed by atoms with van der Waals surface area (Å²) in [6.07, 6.45) is 0.727. The van der Waals surface area contributed by atoms with Crippen LogP contribution in [0.2, 0.25) is 0 Å². The topological polar surface area (TPSA) is 85.3 Å². The molecular weight excluding hydrogens is 376 g/mol. The second-order valence-electron chi connectivity index (χ2n) is 6.31. The minimum atomic E-state index is -3.04. The molecule has 0 spiro atoms. The van der Waals surface area contributed by atoms with Gasteiger partial charge in [0, 0.05) is 18.9 Å². The molecule has 0 aromatic heterocycles. The van der Waals surface area contributed by atoms with Crippen molar-refractivity contribution in [2.45, 2.75) is 17.7 Å². The van der Waals surface area contributed by atoms with Crippen LogP contribution in [0.5, 0.6) is 5.75 Å². The zero-order chi connectivity index (χ0) is 18.7. The zero-order valence-electron chi connectivity index (χ0n) is 14.8. The van der Waals surface area contributed by atoms with Crippen molar-refractivity contribution in [2.75, 3.05) is 38.9 Å². The normalized spacial score (nSPS) is 25.5. The number of ether oxygens (including phenoxy) is 2. The fraction of sp³-hybridized carbons (Fsp3) is 0.529. The Morgan fingerprint density at radius 1 is 1.27 bits per heavy atom. The molecule has 1 aromatic carbocycles. The summed E-state index contributed by atoms with van der Waals surface area (Å²) in [5.74, 6) is 0.691. The molecule has 3 rings (SSSR count). The standard InChI is InChI=1S/C17H22N2O5S2/c1-23-9-16(20)18-17-19(14-10-26(21,22)11-15(14)25-17)8-7-12-3-5-13(24-2)6-4-12/h3-6,14-15H,7-11H2,1-2H3/t14-,15-/m1/s1. The lowest BCUT2D eigenvalue weighted by Crippen LogP contribution is -2.39. The Morgan fingerprint density at radius 2 is 2.00 bits per heavy atom. The van der Waals surface area contributed by atoms with Crippen molar-refractivity contribution in [3.63, 3.8) is 0 Å². The van der Waals surface area contributed by atoms with Gasteiger partial charge in [0.1, 0.15) is 12.4 Å². The molecule has 2 heterocycles. The van der Waals surface area contributed by atoms with Gasteiger partial charge >= 0.3 is 0 Å². The van der Waals surface area contributed by atoms with Crippen LogP contribution in [-0.2, 0) is 25.8 Å². The number of carbonyl (C=O) groups is 1. The summed E-state index contributed by atoms with van der Waals surface area (Å²) >= 11 is 1.39. The Balaban J connectivity index is 1.75. The van der Waals surface area contributed by atoms with E-state index in [2.05, 4.69) is 4.99 Å². The van der Waals surface area contributed by atoms with E-state index in [1.165, 1.54) is 18.9 Å². The maximum atomic E-state index is 12.0. The van der Waals surface area contributed by atoms with E-state index in [0.29, 0.717) is 11.7 Å². The smallest absolute Gasteiger partial charge is 0.274 e. The maximum Gasteiger partial charge on any atom is 0.274 e. The Hall–Kier alpha value is -1.58. The Kier molecular flexibility index (Phi) is 5.89. The number of carbonyl (C=O) groups excluding carboxylic acids is 1. The van der Waals surface area contributed by atoms with Crippen molar-refractivity contribution in [3.05, 3.63) is 29.8 Å². The minimum absolute atomic E-state index is 0.0648. The molecule has 0 unspecified atom stereocenters. The number of aliphatic imine (C=N–C) groups is 1. The highest BCUT2D eigenvalue weighted by atomic mass is 32.2. The summed E-state index contributed by atoms with van der Waals surface area (Å²) in [4.78, 5) is 18.0. The summed E-state index contributed by atoms with van der Waals surface area (Å²) in [6, 6.07) is 7.63. The first-order valence-electron chi connectivity index (χ1n) is 8.29. The van der Waals surface area contributed by atoms with Gasteiger partial charge in [0.05, 0.1) is 24.7 Å². The highest BCUT2D eigenvalue weighted by Gasteiger charge is 2.48. The molecule has 0 radical (unpaired) electrons. The third-order valence-corrected chi connectivity index (χ3v) is 7.71. The molecule has 142 valence electrons. The van der Waals surface area contributed by atoms with Gasteiger partial charge in [0.15, 0.2) is 15.0 Å². The molecule has 2 aliphatic heterocycles. The molecule has 2 aliphatic rings. The van der Waals surface area contributed by atoms with Crippen LogP contribution in [0.1, 0.15) is 5.56 Å². The molecule has 1 aromatic rings. The SMILES string of the molecule is COCC(=O)N=C1S[C@@H]2CS(=O)(=O)C[C@H]2N1CCc1ccc(OC)cc1. The molecule has 7 nitrogen and oxygen atoms in total. The first kappa shape index (κ1) is 19.2. The third kappa shape index (κ3) is 4.39. The van der Waals surface area contributed by atoms with Gasteiger partial charge in [-0.1, -0.05) is 23.9 Å². The van der Waals surface area contributed by atoms with Crippen molar-refractivity contribution in [1.29, 1.82) is 0 Å². The number of thioether (sulfide) groups is 1. The zero-order valence-corrected chi connectivity index (χ0v) is 16.4. The van der Waals surface area contributed by atoms with E-state index in [1.807, 2.05) is 29.2 Å². The average molecular weight is 399 g/mol. The van der Waals surface area contributed by atoms with Gasteiger partial charge in [-0.3, -0.25) is 4.79 Å². The molecule has 2 atom stereocenters. The third-order valence-electron chi connectivity index (χ3n) is 4.46. The monoisotopic (exact) mass is 398 g/mol. The van der Waals surface area contributed by atoms with Crippen LogP contribution in [0.15, 0.2) is 29.3 Å². The van der Waals surface area contributed by atoms with Crippen molar-refractivity contribution in [3.8, 4) is 5.75 Å². The van der Waals surface area contributed by atoms with Crippen LogP contribution in [-0.4, -0.2) is 74.6 Å². The van der Waals surface area contributed by atoms with Crippen molar-refractivity contribution in [2.24, 2.45) is 4.99 Å². The quantitative estimate of drug-likeness (QED) is 0.706. The van der Waals surface area contributed by atoms with Crippen molar-refractivity contribution >= 4 is 32.7 Å². The van der Waals surface area contributed by atoms with E-state index in [0.717, 1.165) is 17.7 Å². The Morgan fingerprint density at radius 3 is 2.65 bits per heavy atom. The number of methoxy groups -OCH3 is 2. The summed E-state index contributed by atoms with van der Waals surface area (Å²) < 4.78 is 34.0. The molecule has 9 heteroatoms. The number of hydrogen-bond acceptors (Lipinski definition) is 6. The van der Waals surface area contributed by atoms with Gasteiger partial charge in [-0.2, -0.15) is 4.99 Å². The Labute approximate surface area is 157 Å². The lowest BCUT2D eigenvalue weighted by atomic mass is 10.1. The van der Waals surface area contributed by atoms with Crippen LogP contribution in [0, 0.1) is 0 Å². The van der Waals surface area contributed by atoms with Gasteiger partial charge in [-0.25, -0.2) is 8.42 Å². The number of amides is 1. The lowest BCUT2D eigenvalue weighted by Gasteiger charge is -2.24. The van der Waals surface area contributed by atoms with Crippen LogP contribution in [0.25, 0.3) is 0 Å². The maximum absolute atomic E-state index is 12.0. The summed E-state index contributed by atoms with van der Waals surface area (Å²) in [6.45, 7) is 0.527. The lowest BCUT2D eigenvalue weighted by molar-refractivity contribution is -0.121. The first-order valence-corrected chi connectivity index (χ1v) is 11.0. The highest BCUT2D eigenvalue weighted by Crippen LogP contribution is 2.38. The van der Waals surface area contributed by atoms with Crippen LogP contribution < -0.4 is 4.74 Å². The van der Waals surface area contributed by atoms with Gasteiger partial charge < -0.3 is 14.4 Å². The molecule has 2 saturated heterocycles. The number of nitrogens with zero attached hydrogens (tertiary/aromatic N) is 2. The molecule has 2 fully saturated rings. The van der Waals surface area contributed by atoms with Crippen LogP contribution in [0.3, 0.4) is 0 Å². The van der Waals surface area contributed by atoms with Gasteiger partial charge in [-0.05, 0) is 24.1 Å². The van der Waals surface area contributed by atoms with Gasteiger partial charge in [-0.15, -0.1) is 0 Å². The number of amidine groups is 1. The largest absolute Gasteiger partial charge is 0.497 e. The average Bonchev–Trinajstić information content (AvgIpc) is 3.05. The number of rotatable bonds is 6. The molecule has 0 bridgehead atoms. The van der Waals surface area contributed by atoms with Gasteiger partial charge in [0.2, 0.25) is 0 Å². The van der Waals surface area contributed by atoms with Crippen molar-refractivity contribution in [1.82, 2.24) is 4.90 Å². The predicted molar refractivity (Wildman–Crippen MR) is 102 cm³/mol. The number of sulfone groups is 1. The summed E-state index contributed by atoms with van der Waals surface area (Å²) in [5.41, 5.74) is 1.11. The fourth-order valence-electron chi connectivity index (χ4n) is 3.20.